The maximum atomic E-state index is 11.6. The zero-order valence-electron chi connectivity index (χ0n) is 11.5. The lowest BCUT2D eigenvalue weighted by Gasteiger charge is -2.13. The Labute approximate surface area is 122 Å². The third-order valence-electron chi connectivity index (χ3n) is 3.12. The summed E-state index contributed by atoms with van der Waals surface area (Å²) in [6.45, 7) is 4.04. The molecule has 0 unspecified atom stereocenters. The summed E-state index contributed by atoms with van der Waals surface area (Å²) >= 11 is 6.25. The van der Waals surface area contributed by atoms with Gasteiger partial charge in [0.1, 0.15) is 0 Å². The van der Waals surface area contributed by atoms with E-state index in [0.29, 0.717) is 16.4 Å². The molecule has 0 bridgehead atoms. The van der Waals surface area contributed by atoms with Crippen LogP contribution in [0, 0.1) is 0 Å². The molecule has 4 N–H and O–H groups in total. The van der Waals surface area contributed by atoms with Crippen molar-refractivity contribution in [1.82, 2.24) is 9.78 Å². The molecule has 0 aliphatic heterocycles. The number of nitrogens with zero attached hydrogens (tertiary/aromatic N) is 2. The Morgan fingerprint density at radius 1 is 1.30 bits per heavy atom. The van der Waals surface area contributed by atoms with Crippen LogP contribution in [-0.2, 0) is 12.8 Å². The first-order chi connectivity index (χ1) is 9.47. The van der Waals surface area contributed by atoms with Crippen molar-refractivity contribution in [2.24, 2.45) is 5.73 Å². The van der Waals surface area contributed by atoms with Crippen molar-refractivity contribution in [3.8, 4) is 5.69 Å². The number of amides is 1. The van der Waals surface area contributed by atoms with E-state index in [9.17, 15) is 4.79 Å². The van der Waals surface area contributed by atoms with E-state index in [-0.39, 0.29) is 5.56 Å². The predicted molar refractivity (Wildman–Crippen MR) is 80.3 cm³/mol. The first-order valence-electron chi connectivity index (χ1n) is 6.44. The molecule has 106 valence electrons. The van der Waals surface area contributed by atoms with Crippen molar-refractivity contribution < 1.29 is 4.79 Å². The highest BCUT2D eigenvalue weighted by atomic mass is 35.5. The Kier molecular flexibility index (Phi) is 3.99. The first-order valence-corrected chi connectivity index (χ1v) is 6.82. The third-order valence-corrected chi connectivity index (χ3v) is 3.41. The Bertz CT molecular complexity index is 663. The average Bonchev–Trinajstić information content (AvgIpc) is 2.80. The topological polar surface area (TPSA) is 86.9 Å². The maximum Gasteiger partial charge on any atom is 0.251 e. The minimum absolute atomic E-state index is 0.274. The van der Waals surface area contributed by atoms with Gasteiger partial charge in [-0.05, 0) is 31.0 Å². The fraction of sp³-hybridized carbons (Fsp3) is 0.286. The molecule has 0 saturated heterocycles. The highest BCUT2D eigenvalue weighted by Crippen LogP contribution is 2.28. The molecule has 0 spiro atoms. The molecule has 5 nitrogen and oxygen atoms in total. The number of halogens is 1. The summed E-state index contributed by atoms with van der Waals surface area (Å²) in [4.78, 5) is 11.6. The van der Waals surface area contributed by atoms with E-state index in [1.807, 2.05) is 19.9 Å². The van der Waals surface area contributed by atoms with Gasteiger partial charge >= 0.3 is 0 Å². The monoisotopic (exact) mass is 292 g/mol. The van der Waals surface area contributed by atoms with Gasteiger partial charge in [0.25, 0.3) is 5.91 Å². The van der Waals surface area contributed by atoms with Crippen LogP contribution in [0.4, 0.5) is 5.69 Å². The standard InChI is InChI=1S/C14H17ClN4O/c1-3-9-7-10(4-2)19(18-9)13-11(14(17)20)5-8(16)6-12(13)15/h5-7H,3-4,16H2,1-2H3,(H2,17,20). The molecular formula is C14H17ClN4O. The van der Waals surface area contributed by atoms with Crippen molar-refractivity contribution in [3.63, 3.8) is 0 Å². The van der Waals surface area contributed by atoms with E-state index < -0.39 is 5.91 Å². The van der Waals surface area contributed by atoms with Crippen LogP contribution in [0.2, 0.25) is 5.02 Å². The number of anilines is 1. The second kappa shape index (κ2) is 5.54. The molecule has 2 aromatic rings. The highest BCUT2D eigenvalue weighted by molar-refractivity contribution is 6.33. The molecule has 0 radical (unpaired) electrons. The Morgan fingerprint density at radius 3 is 2.55 bits per heavy atom. The lowest BCUT2D eigenvalue weighted by molar-refractivity contribution is 0.1000. The summed E-state index contributed by atoms with van der Waals surface area (Å²) in [5.74, 6) is -0.579. The molecular weight excluding hydrogens is 276 g/mol. The fourth-order valence-corrected chi connectivity index (χ4v) is 2.42. The number of rotatable bonds is 4. The van der Waals surface area contributed by atoms with Crippen LogP contribution in [-0.4, -0.2) is 15.7 Å². The molecule has 20 heavy (non-hydrogen) atoms. The van der Waals surface area contributed by atoms with E-state index in [2.05, 4.69) is 5.10 Å². The summed E-state index contributed by atoms with van der Waals surface area (Å²) < 4.78 is 1.68. The van der Waals surface area contributed by atoms with Crippen LogP contribution >= 0.6 is 11.6 Å². The quantitative estimate of drug-likeness (QED) is 0.848. The number of carbonyl (C=O) groups is 1. The zero-order chi connectivity index (χ0) is 14.9. The first kappa shape index (κ1) is 14.4. The van der Waals surface area contributed by atoms with Gasteiger partial charge in [-0.3, -0.25) is 4.79 Å². The highest BCUT2D eigenvalue weighted by Gasteiger charge is 2.18. The van der Waals surface area contributed by atoms with Gasteiger partial charge in [0, 0.05) is 11.4 Å². The smallest absolute Gasteiger partial charge is 0.251 e. The van der Waals surface area contributed by atoms with Crippen molar-refractivity contribution in [3.05, 3.63) is 40.2 Å². The second-order valence-electron chi connectivity index (χ2n) is 4.51. The number of hydrogen-bond donors (Lipinski definition) is 2. The largest absolute Gasteiger partial charge is 0.399 e. The minimum atomic E-state index is -0.579. The van der Waals surface area contributed by atoms with Gasteiger partial charge in [0.2, 0.25) is 0 Å². The number of benzene rings is 1. The van der Waals surface area contributed by atoms with E-state index in [1.54, 1.807) is 10.7 Å². The van der Waals surface area contributed by atoms with E-state index in [1.165, 1.54) is 6.07 Å². The Balaban J connectivity index is 2.74. The number of aryl methyl sites for hydroxylation is 2. The molecule has 2 rings (SSSR count). The van der Waals surface area contributed by atoms with Gasteiger partial charge in [0.15, 0.2) is 0 Å². The van der Waals surface area contributed by atoms with Gasteiger partial charge in [-0.1, -0.05) is 25.4 Å². The molecule has 0 aliphatic carbocycles. The number of nitrogens with two attached hydrogens (primary N) is 2. The van der Waals surface area contributed by atoms with Crippen molar-refractivity contribution in [1.29, 1.82) is 0 Å². The normalized spacial score (nSPS) is 10.8. The number of hydrogen-bond acceptors (Lipinski definition) is 3. The van der Waals surface area contributed by atoms with Gasteiger partial charge < -0.3 is 11.5 Å². The molecule has 0 fully saturated rings. The van der Waals surface area contributed by atoms with Gasteiger partial charge in [-0.2, -0.15) is 5.10 Å². The summed E-state index contributed by atoms with van der Waals surface area (Å²) in [6, 6.07) is 5.11. The molecule has 0 atom stereocenters. The molecule has 1 aromatic carbocycles. The predicted octanol–water partition coefficient (Wildman–Crippen LogP) is 2.33. The lowest BCUT2D eigenvalue weighted by atomic mass is 10.1. The van der Waals surface area contributed by atoms with Crippen molar-refractivity contribution in [2.75, 3.05) is 5.73 Å². The van der Waals surface area contributed by atoms with Crippen LogP contribution in [0.3, 0.4) is 0 Å². The third kappa shape index (κ3) is 2.49. The number of primary amides is 1. The summed E-state index contributed by atoms with van der Waals surface area (Å²) in [6.07, 6.45) is 1.57. The summed E-state index contributed by atoms with van der Waals surface area (Å²) in [7, 11) is 0. The molecule has 0 aliphatic rings. The van der Waals surface area contributed by atoms with Gasteiger partial charge in [-0.15, -0.1) is 0 Å². The molecule has 6 heteroatoms. The second-order valence-corrected chi connectivity index (χ2v) is 4.92. The number of nitrogen functional groups attached to an aromatic ring is 1. The van der Waals surface area contributed by atoms with Crippen LogP contribution < -0.4 is 11.5 Å². The number of aromatic nitrogens is 2. The maximum absolute atomic E-state index is 11.6. The van der Waals surface area contributed by atoms with Crippen molar-refractivity contribution in [2.45, 2.75) is 26.7 Å². The minimum Gasteiger partial charge on any atom is -0.399 e. The molecule has 1 aromatic heterocycles. The van der Waals surface area contributed by atoms with E-state index in [4.69, 9.17) is 23.1 Å². The molecule has 0 saturated carbocycles. The summed E-state index contributed by atoms with van der Waals surface area (Å²) in [5, 5.41) is 4.85. The molecule has 1 amide bonds. The van der Waals surface area contributed by atoms with Crippen LogP contribution in [0.25, 0.3) is 5.69 Å². The Morgan fingerprint density at radius 2 is 2.00 bits per heavy atom. The number of carbonyl (C=O) groups excluding carboxylic acids is 1. The SMILES string of the molecule is CCc1cc(CC)n(-c2c(Cl)cc(N)cc2C(N)=O)n1. The van der Waals surface area contributed by atoms with Crippen LogP contribution in [0.1, 0.15) is 35.6 Å². The van der Waals surface area contributed by atoms with Crippen LogP contribution in [0.5, 0.6) is 0 Å². The summed E-state index contributed by atoms with van der Waals surface area (Å²) in [5.41, 5.74) is 14.2. The zero-order valence-corrected chi connectivity index (χ0v) is 12.2. The van der Waals surface area contributed by atoms with E-state index >= 15 is 0 Å². The van der Waals surface area contributed by atoms with Gasteiger partial charge in [0.05, 0.1) is 22.0 Å². The Hall–Kier alpha value is -2.01. The van der Waals surface area contributed by atoms with Crippen molar-refractivity contribution >= 4 is 23.2 Å². The van der Waals surface area contributed by atoms with Crippen LogP contribution in [0.15, 0.2) is 18.2 Å². The molecule has 1 heterocycles. The van der Waals surface area contributed by atoms with Gasteiger partial charge in [-0.25, -0.2) is 4.68 Å². The fourth-order valence-electron chi connectivity index (χ4n) is 2.12. The lowest BCUT2D eigenvalue weighted by Crippen LogP contribution is -2.17. The average molecular weight is 293 g/mol. The van der Waals surface area contributed by atoms with E-state index in [0.717, 1.165) is 24.2 Å².